The highest BCUT2D eigenvalue weighted by Gasteiger charge is 2.21. The minimum atomic E-state index is -1.01. The lowest BCUT2D eigenvalue weighted by molar-refractivity contribution is 0.0683. The van der Waals surface area contributed by atoms with Crippen LogP contribution in [-0.2, 0) is 0 Å². The van der Waals surface area contributed by atoms with Gasteiger partial charge in [-0.2, -0.15) is 0 Å². The zero-order valence-corrected chi connectivity index (χ0v) is 13.2. The van der Waals surface area contributed by atoms with Crippen LogP contribution in [0, 0.1) is 5.82 Å². The van der Waals surface area contributed by atoms with Crippen molar-refractivity contribution >= 4 is 33.5 Å². The molecule has 0 amide bonds. The first kappa shape index (κ1) is 15.1. The third kappa shape index (κ3) is 2.60. The van der Waals surface area contributed by atoms with Crippen molar-refractivity contribution in [2.24, 2.45) is 0 Å². The van der Waals surface area contributed by atoms with Gasteiger partial charge in [0.15, 0.2) is 0 Å². The fourth-order valence-electron chi connectivity index (χ4n) is 2.17. The largest absolute Gasteiger partial charge is 0.477 e. The molecule has 0 saturated carbocycles. The SMILES string of the molecule is CC(C)n1c(C(=O)O)ccc1-c1c(Cl)cc(F)cc1Br. The lowest BCUT2D eigenvalue weighted by atomic mass is 10.1. The van der Waals surface area contributed by atoms with E-state index in [4.69, 9.17) is 11.6 Å². The summed E-state index contributed by atoms with van der Waals surface area (Å²) in [6.07, 6.45) is 0. The van der Waals surface area contributed by atoms with E-state index in [1.165, 1.54) is 18.2 Å². The van der Waals surface area contributed by atoms with Crippen molar-refractivity contribution in [3.8, 4) is 11.3 Å². The number of carboxylic acids is 1. The molecule has 1 N–H and O–H groups in total. The second-order valence-electron chi connectivity index (χ2n) is 4.62. The molecule has 6 heteroatoms. The molecule has 2 aromatic rings. The minimum Gasteiger partial charge on any atom is -0.477 e. The van der Waals surface area contributed by atoms with Crippen molar-refractivity contribution in [1.29, 1.82) is 0 Å². The molecule has 106 valence electrons. The first-order valence-electron chi connectivity index (χ1n) is 5.92. The Bertz CT molecular complexity index is 659. The van der Waals surface area contributed by atoms with Gasteiger partial charge in [-0.25, -0.2) is 9.18 Å². The van der Waals surface area contributed by atoms with Crippen LogP contribution in [0.15, 0.2) is 28.7 Å². The van der Waals surface area contributed by atoms with E-state index in [0.717, 1.165) is 0 Å². The zero-order valence-electron chi connectivity index (χ0n) is 10.8. The summed E-state index contributed by atoms with van der Waals surface area (Å²) in [5, 5.41) is 9.46. The van der Waals surface area contributed by atoms with Crippen molar-refractivity contribution in [2.75, 3.05) is 0 Å². The second-order valence-corrected chi connectivity index (χ2v) is 5.88. The number of benzene rings is 1. The molecule has 0 atom stereocenters. The molecule has 0 aliphatic carbocycles. The summed E-state index contributed by atoms with van der Waals surface area (Å²) in [7, 11) is 0. The Hall–Kier alpha value is -1.33. The highest BCUT2D eigenvalue weighted by molar-refractivity contribution is 9.10. The Morgan fingerprint density at radius 1 is 1.40 bits per heavy atom. The van der Waals surface area contributed by atoms with Crippen molar-refractivity contribution in [3.63, 3.8) is 0 Å². The number of aromatic nitrogens is 1. The van der Waals surface area contributed by atoms with Gasteiger partial charge in [-0.15, -0.1) is 0 Å². The molecular formula is C14H12BrClFNO2. The molecule has 1 aromatic heterocycles. The van der Waals surface area contributed by atoms with Gasteiger partial charge < -0.3 is 9.67 Å². The maximum atomic E-state index is 13.3. The molecule has 0 saturated heterocycles. The van der Waals surface area contributed by atoms with Crippen LogP contribution in [0.2, 0.25) is 5.02 Å². The van der Waals surface area contributed by atoms with E-state index < -0.39 is 11.8 Å². The van der Waals surface area contributed by atoms with Gasteiger partial charge >= 0.3 is 5.97 Å². The normalized spacial score (nSPS) is 11.1. The average Bonchev–Trinajstić information content (AvgIpc) is 2.72. The highest BCUT2D eigenvalue weighted by atomic mass is 79.9. The van der Waals surface area contributed by atoms with Crippen molar-refractivity contribution in [3.05, 3.63) is 45.3 Å². The number of carbonyl (C=O) groups is 1. The van der Waals surface area contributed by atoms with Crippen LogP contribution < -0.4 is 0 Å². The first-order valence-corrected chi connectivity index (χ1v) is 7.09. The van der Waals surface area contributed by atoms with Crippen LogP contribution >= 0.6 is 27.5 Å². The van der Waals surface area contributed by atoms with Crippen molar-refractivity contribution < 1.29 is 14.3 Å². The summed E-state index contributed by atoms with van der Waals surface area (Å²) in [6, 6.07) is 5.63. The smallest absolute Gasteiger partial charge is 0.352 e. The topological polar surface area (TPSA) is 42.2 Å². The van der Waals surface area contributed by atoms with Crippen LogP contribution in [0.25, 0.3) is 11.3 Å². The third-order valence-electron chi connectivity index (χ3n) is 2.92. The van der Waals surface area contributed by atoms with E-state index in [1.54, 1.807) is 10.6 Å². The van der Waals surface area contributed by atoms with E-state index in [-0.39, 0.29) is 16.8 Å². The monoisotopic (exact) mass is 359 g/mol. The van der Waals surface area contributed by atoms with Crippen molar-refractivity contribution in [2.45, 2.75) is 19.9 Å². The van der Waals surface area contributed by atoms with Gasteiger partial charge in [0, 0.05) is 16.1 Å². The maximum Gasteiger partial charge on any atom is 0.352 e. The maximum absolute atomic E-state index is 13.3. The molecule has 0 aliphatic rings. The Kier molecular flexibility index (Phi) is 4.20. The van der Waals surface area contributed by atoms with Gasteiger partial charge in [-0.05, 0) is 54.0 Å². The molecule has 0 aliphatic heterocycles. The van der Waals surface area contributed by atoms with Gasteiger partial charge in [0.05, 0.1) is 10.7 Å². The summed E-state index contributed by atoms with van der Waals surface area (Å²) in [4.78, 5) is 11.3. The summed E-state index contributed by atoms with van der Waals surface area (Å²) in [5.41, 5.74) is 1.38. The number of aromatic carboxylic acids is 1. The molecule has 1 aromatic carbocycles. The van der Waals surface area contributed by atoms with E-state index in [1.807, 2.05) is 13.8 Å². The van der Waals surface area contributed by atoms with Gasteiger partial charge in [-0.1, -0.05) is 11.6 Å². The standard InChI is InChI=1S/C14H12BrClFNO2/c1-7(2)18-11(3-4-12(18)14(19)20)13-9(15)5-8(17)6-10(13)16/h3-7H,1-2H3,(H,19,20). The summed E-state index contributed by atoms with van der Waals surface area (Å²) in [5.74, 6) is -1.47. The fraction of sp³-hybridized carbons (Fsp3) is 0.214. The Balaban J connectivity index is 2.74. The molecule has 1 heterocycles. The summed E-state index contributed by atoms with van der Waals surface area (Å²) < 4.78 is 15.4. The van der Waals surface area contributed by atoms with E-state index >= 15 is 0 Å². The molecule has 0 radical (unpaired) electrons. The number of halogens is 3. The predicted molar refractivity (Wildman–Crippen MR) is 79.9 cm³/mol. The fourth-order valence-corrected chi connectivity index (χ4v) is 3.22. The first-order chi connectivity index (χ1) is 9.32. The Labute approximate surface area is 129 Å². The van der Waals surface area contributed by atoms with Gasteiger partial charge in [0.1, 0.15) is 11.5 Å². The van der Waals surface area contributed by atoms with Gasteiger partial charge in [0.2, 0.25) is 0 Å². The number of nitrogens with zero attached hydrogens (tertiary/aromatic N) is 1. The highest BCUT2D eigenvalue weighted by Crippen LogP contribution is 2.38. The Morgan fingerprint density at radius 2 is 2.05 bits per heavy atom. The van der Waals surface area contributed by atoms with Crippen LogP contribution in [0.3, 0.4) is 0 Å². The van der Waals surface area contributed by atoms with E-state index in [0.29, 0.717) is 15.7 Å². The molecule has 0 fully saturated rings. The van der Waals surface area contributed by atoms with Gasteiger partial charge in [0.25, 0.3) is 0 Å². The molecule has 2 rings (SSSR count). The number of hydrogen-bond acceptors (Lipinski definition) is 1. The van der Waals surface area contributed by atoms with E-state index in [2.05, 4.69) is 15.9 Å². The van der Waals surface area contributed by atoms with Crippen LogP contribution in [0.5, 0.6) is 0 Å². The predicted octanol–water partition coefficient (Wildman–Crippen LogP) is 4.99. The van der Waals surface area contributed by atoms with Gasteiger partial charge in [-0.3, -0.25) is 0 Å². The molecule has 20 heavy (non-hydrogen) atoms. The lowest BCUT2D eigenvalue weighted by Gasteiger charge is -2.17. The molecular weight excluding hydrogens is 349 g/mol. The Morgan fingerprint density at radius 3 is 2.55 bits per heavy atom. The van der Waals surface area contributed by atoms with Crippen LogP contribution in [0.1, 0.15) is 30.4 Å². The summed E-state index contributed by atoms with van der Waals surface area (Å²) in [6.45, 7) is 3.75. The molecule has 0 bridgehead atoms. The zero-order chi connectivity index (χ0) is 15.0. The molecule has 0 unspecified atom stereocenters. The third-order valence-corrected chi connectivity index (χ3v) is 3.84. The quantitative estimate of drug-likeness (QED) is 0.838. The number of hydrogen-bond donors (Lipinski definition) is 1. The minimum absolute atomic E-state index is 0.0703. The van der Waals surface area contributed by atoms with Crippen LogP contribution in [0.4, 0.5) is 4.39 Å². The summed E-state index contributed by atoms with van der Waals surface area (Å²) >= 11 is 9.38. The van der Waals surface area contributed by atoms with Crippen LogP contribution in [-0.4, -0.2) is 15.6 Å². The lowest BCUT2D eigenvalue weighted by Crippen LogP contribution is -2.12. The number of carboxylic acid groups (broad SMARTS) is 1. The van der Waals surface area contributed by atoms with Crippen molar-refractivity contribution in [1.82, 2.24) is 4.57 Å². The average molecular weight is 361 g/mol. The molecule has 3 nitrogen and oxygen atoms in total. The second kappa shape index (κ2) is 5.58. The number of rotatable bonds is 3. The van der Waals surface area contributed by atoms with E-state index in [9.17, 15) is 14.3 Å². The molecule has 0 spiro atoms.